The highest BCUT2D eigenvalue weighted by atomic mass is 16.2. The highest BCUT2D eigenvalue weighted by molar-refractivity contribution is 6.09. The Kier molecular flexibility index (Phi) is 1.84. The molecule has 0 spiro atoms. The van der Waals surface area contributed by atoms with E-state index in [2.05, 4.69) is 4.98 Å². The number of hydrogen-bond acceptors (Lipinski definition) is 3. The number of imidazole rings is 1. The third-order valence-corrected chi connectivity index (χ3v) is 1.98. The normalized spacial score (nSPS) is 18.0. The summed E-state index contributed by atoms with van der Waals surface area (Å²) in [6.45, 7) is 0. The second kappa shape index (κ2) is 3.01. The molecule has 0 aromatic carbocycles. The first kappa shape index (κ1) is 7.97. The number of carbonyl (C=O) groups is 2. The fourth-order valence-corrected chi connectivity index (χ4v) is 1.37. The molecule has 5 heteroatoms. The molecule has 0 saturated carbocycles. The zero-order valence-electron chi connectivity index (χ0n) is 7.01. The smallest absolute Gasteiger partial charge is 0.248 e. The van der Waals surface area contributed by atoms with Gasteiger partial charge in [0.2, 0.25) is 11.8 Å². The van der Waals surface area contributed by atoms with Crippen molar-refractivity contribution in [2.24, 2.45) is 0 Å². The average molecular weight is 179 g/mol. The van der Waals surface area contributed by atoms with Gasteiger partial charge >= 0.3 is 0 Å². The Morgan fingerprint density at radius 1 is 1.23 bits per heavy atom. The molecule has 0 N–H and O–H groups in total. The molecule has 1 aromatic heterocycles. The van der Waals surface area contributed by atoms with Crippen LogP contribution in [0.3, 0.4) is 0 Å². The summed E-state index contributed by atoms with van der Waals surface area (Å²) in [6.07, 6.45) is 6.09. The van der Waals surface area contributed by atoms with Gasteiger partial charge < -0.3 is 0 Å². The molecule has 1 saturated heterocycles. The molecule has 68 valence electrons. The molecule has 5 nitrogen and oxygen atoms in total. The summed E-state index contributed by atoms with van der Waals surface area (Å²) in [4.78, 5) is 26.5. The van der Waals surface area contributed by atoms with E-state index in [4.69, 9.17) is 0 Å². The van der Waals surface area contributed by atoms with E-state index in [1.54, 1.807) is 6.20 Å². The predicted octanol–water partition coefficient (Wildman–Crippen LogP) is 0.0582. The van der Waals surface area contributed by atoms with Crippen LogP contribution in [-0.2, 0) is 9.59 Å². The van der Waals surface area contributed by atoms with E-state index in [-0.39, 0.29) is 11.8 Å². The number of rotatable bonds is 1. The number of carbonyl (C=O) groups excluding carboxylic acids is 2. The number of hydrogen-bond donors (Lipinski definition) is 0. The van der Waals surface area contributed by atoms with Crippen molar-refractivity contribution in [3.63, 3.8) is 0 Å². The van der Waals surface area contributed by atoms with Crippen molar-refractivity contribution in [3.8, 4) is 0 Å². The predicted molar refractivity (Wildman–Crippen MR) is 44.3 cm³/mol. The molecule has 1 aromatic rings. The molecule has 2 heterocycles. The van der Waals surface area contributed by atoms with Gasteiger partial charge in [-0.3, -0.25) is 9.59 Å². The van der Waals surface area contributed by atoms with E-state index in [1.165, 1.54) is 17.2 Å². The van der Waals surface area contributed by atoms with Gasteiger partial charge in [-0.25, -0.2) is 9.66 Å². The fourth-order valence-electron chi connectivity index (χ4n) is 1.37. The molecule has 0 bridgehead atoms. The van der Waals surface area contributed by atoms with Crippen LogP contribution in [0.1, 0.15) is 19.3 Å². The summed E-state index contributed by atoms with van der Waals surface area (Å²) in [6, 6.07) is 0. The lowest BCUT2D eigenvalue weighted by Gasteiger charge is -2.24. The molecule has 0 atom stereocenters. The van der Waals surface area contributed by atoms with Gasteiger partial charge in [-0.2, -0.15) is 5.01 Å². The molecule has 2 amide bonds. The van der Waals surface area contributed by atoms with Crippen LogP contribution in [0.5, 0.6) is 0 Å². The Bertz CT molecular complexity index is 315. The highest BCUT2D eigenvalue weighted by Gasteiger charge is 2.26. The van der Waals surface area contributed by atoms with Crippen molar-refractivity contribution in [3.05, 3.63) is 18.7 Å². The van der Waals surface area contributed by atoms with E-state index < -0.39 is 0 Å². The number of aromatic nitrogens is 2. The topological polar surface area (TPSA) is 55.2 Å². The van der Waals surface area contributed by atoms with Crippen LogP contribution < -0.4 is 5.01 Å². The van der Waals surface area contributed by atoms with Crippen molar-refractivity contribution in [1.82, 2.24) is 9.66 Å². The Hall–Kier alpha value is -1.65. The van der Waals surface area contributed by atoms with E-state index in [1.807, 2.05) is 0 Å². The summed E-state index contributed by atoms with van der Waals surface area (Å²) in [5.41, 5.74) is 0. The lowest BCUT2D eigenvalue weighted by atomic mass is 10.1. The Labute approximate surface area is 74.9 Å². The molecule has 0 unspecified atom stereocenters. The lowest BCUT2D eigenvalue weighted by molar-refractivity contribution is -0.131. The van der Waals surface area contributed by atoms with Gasteiger partial charge in [0.25, 0.3) is 0 Å². The molecule has 0 radical (unpaired) electrons. The van der Waals surface area contributed by atoms with E-state index in [0.717, 1.165) is 5.01 Å². The van der Waals surface area contributed by atoms with E-state index in [0.29, 0.717) is 19.3 Å². The fraction of sp³-hybridized carbons (Fsp3) is 0.375. The molecular weight excluding hydrogens is 170 g/mol. The van der Waals surface area contributed by atoms with Crippen molar-refractivity contribution < 1.29 is 9.59 Å². The zero-order valence-corrected chi connectivity index (χ0v) is 7.01. The maximum absolute atomic E-state index is 11.4. The van der Waals surface area contributed by atoms with Crippen LogP contribution in [0.15, 0.2) is 18.7 Å². The van der Waals surface area contributed by atoms with Gasteiger partial charge in [0.15, 0.2) is 0 Å². The summed E-state index contributed by atoms with van der Waals surface area (Å²) in [7, 11) is 0. The molecule has 1 fully saturated rings. The van der Waals surface area contributed by atoms with Gasteiger partial charge in [-0.15, -0.1) is 0 Å². The van der Waals surface area contributed by atoms with Gasteiger partial charge in [-0.05, 0) is 6.42 Å². The van der Waals surface area contributed by atoms with Gasteiger partial charge in [-0.1, -0.05) is 0 Å². The second-order valence-electron chi connectivity index (χ2n) is 2.90. The summed E-state index contributed by atoms with van der Waals surface area (Å²) >= 11 is 0. The van der Waals surface area contributed by atoms with Crippen LogP contribution in [-0.4, -0.2) is 21.5 Å². The number of piperidine rings is 1. The monoisotopic (exact) mass is 179 g/mol. The van der Waals surface area contributed by atoms with Crippen LogP contribution >= 0.6 is 0 Å². The molecule has 0 aliphatic carbocycles. The largest absolute Gasteiger partial charge is 0.273 e. The summed E-state index contributed by atoms with van der Waals surface area (Å²) in [5, 5.41) is 1.14. The van der Waals surface area contributed by atoms with Crippen molar-refractivity contribution in [1.29, 1.82) is 0 Å². The minimum atomic E-state index is -0.158. The molecule has 2 rings (SSSR count). The first-order valence-electron chi connectivity index (χ1n) is 4.13. The van der Waals surface area contributed by atoms with Crippen molar-refractivity contribution in [2.75, 3.05) is 5.01 Å². The average Bonchev–Trinajstić information content (AvgIpc) is 2.57. The van der Waals surface area contributed by atoms with Gasteiger partial charge in [0.05, 0.1) is 0 Å². The number of imide groups is 1. The lowest BCUT2D eigenvalue weighted by Crippen LogP contribution is -2.47. The Morgan fingerprint density at radius 3 is 2.46 bits per heavy atom. The van der Waals surface area contributed by atoms with Crippen LogP contribution in [0.25, 0.3) is 0 Å². The summed E-state index contributed by atoms with van der Waals surface area (Å²) in [5.74, 6) is -0.316. The molecular formula is C8H9N3O2. The maximum Gasteiger partial charge on any atom is 0.248 e. The summed E-state index contributed by atoms with van der Waals surface area (Å²) < 4.78 is 1.42. The van der Waals surface area contributed by atoms with Gasteiger partial charge in [0.1, 0.15) is 6.33 Å². The third-order valence-electron chi connectivity index (χ3n) is 1.98. The maximum atomic E-state index is 11.4. The number of amides is 2. The minimum Gasteiger partial charge on any atom is -0.273 e. The standard InChI is InChI=1S/C8H9N3O2/c12-7-2-1-3-8(13)11(7)10-5-4-9-6-10/h4-6H,1-3H2. The Balaban J connectivity index is 2.29. The zero-order chi connectivity index (χ0) is 9.26. The molecule has 13 heavy (non-hydrogen) atoms. The van der Waals surface area contributed by atoms with E-state index >= 15 is 0 Å². The third kappa shape index (κ3) is 1.32. The first-order chi connectivity index (χ1) is 6.29. The van der Waals surface area contributed by atoms with E-state index in [9.17, 15) is 9.59 Å². The highest BCUT2D eigenvalue weighted by Crippen LogP contribution is 2.10. The van der Waals surface area contributed by atoms with Crippen LogP contribution in [0, 0.1) is 0 Å². The van der Waals surface area contributed by atoms with Crippen LogP contribution in [0.4, 0.5) is 0 Å². The number of nitrogens with zero attached hydrogens (tertiary/aromatic N) is 3. The SMILES string of the molecule is O=C1CCCC(=O)N1n1ccnc1. The quantitative estimate of drug-likeness (QED) is 0.573. The van der Waals surface area contributed by atoms with Gasteiger partial charge in [0, 0.05) is 25.2 Å². The molecule has 1 aliphatic rings. The first-order valence-corrected chi connectivity index (χ1v) is 4.13. The van der Waals surface area contributed by atoms with Crippen molar-refractivity contribution in [2.45, 2.75) is 19.3 Å². The second-order valence-corrected chi connectivity index (χ2v) is 2.90. The van der Waals surface area contributed by atoms with Crippen LogP contribution in [0.2, 0.25) is 0 Å². The Morgan fingerprint density at radius 2 is 1.92 bits per heavy atom. The van der Waals surface area contributed by atoms with Crippen molar-refractivity contribution >= 4 is 11.8 Å². The minimum absolute atomic E-state index is 0.158. The molecule has 1 aliphatic heterocycles.